The Morgan fingerprint density at radius 2 is 2.00 bits per heavy atom. The smallest absolute Gasteiger partial charge is 0.307 e. The first-order chi connectivity index (χ1) is 9.35. The molecule has 0 aromatic carbocycles. The van der Waals surface area contributed by atoms with Crippen LogP contribution in [-0.4, -0.2) is 55.3 Å². The number of quaternary nitrogens is 1. The molecule has 0 aliphatic rings. The monoisotopic (exact) mass is 263 g/mol. The van der Waals surface area contributed by atoms with Gasteiger partial charge in [-0.15, -0.1) is 0 Å². The second-order valence-corrected chi connectivity index (χ2v) is 5.23. The second-order valence-electron chi connectivity index (χ2n) is 5.23. The number of carboxylic acid groups (broad SMARTS) is 1. The van der Waals surface area contributed by atoms with Crippen molar-refractivity contribution in [3.8, 4) is 0 Å². The molecule has 0 bridgehead atoms. The number of hydrogen-bond donors (Lipinski definition) is 1. The maximum absolute atomic E-state index is 11.8. The lowest BCUT2D eigenvalue weighted by Crippen LogP contribution is -2.43. The lowest BCUT2D eigenvalue weighted by atomic mass is 10.2. The first-order valence-electron chi connectivity index (χ1n) is 7.61. The summed E-state index contributed by atoms with van der Waals surface area (Å²) in [6, 6.07) is 0. The third-order valence-electron chi connectivity index (χ3n) is 2.09. The first-order valence-corrected chi connectivity index (χ1v) is 6.11. The van der Waals surface area contributed by atoms with Gasteiger partial charge in [0.05, 0.1) is 28.9 Å². The Bertz CT molecular complexity index is 382. The van der Waals surface area contributed by atoms with Crippen LogP contribution in [0, 0.1) is 0 Å². The molecule has 0 heterocycles. The second kappa shape index (κ2) is 8.08. The lowest BCUT2D eigenvalue weighted by Gasteiger charge is -2.28. The highest BCUT2D eigenvalue weighted by molar-refractivity contribution is 5.71. The minimum absolute atomic E-state index is 0.0569. The molecule has 5 heteroatoms. The molecule has 0 aromatic heterocycles. The van der Waals surface area contributed by atoms with Crippen LogP contribution >= 0.6 is 0 Å². The van der Waals surface area contributed by atoms with Crippen molar-refractivity contribution >= 4 is 11.9 Å². The summed E-state index contributed by atoms with van der Waals surface area (Å²) >= 11 is 0. The number of aliphatic carboxylic acids is 1. The highest BCUT2D eigenvalue weighted by Crippen LogP contribution is 2.08. The molecule has 0 saturated carbocycles. The van der Waals surface area contributed by atoms with Crippen LogP contribution in [0.5, 0.6) is 0 Å². The van der Waals surface area contributed by atoms with Gasteiger partial charge in [-0.25, -0.2) is 0 Å². The molecule has 0 rings (SSSR count). The van der Waals surface area contributed by atoms with E-state index in [2.05, 4.69) is 0 Å². The zero-order valence-electron chi connectivity index (χ0n) is 14.7. The Balaban J connectivity index is 5.15. The zero-order valence-corrected chi connectivity index (χ0v) is 11.7. The van der Waals surface area contributed by atoms with E-state index in [-0.39, 0.29) is 17.4 Å². The molecule has 0 amide bonds. The molecular weight excluding hydrogens is 234 g/mol. The molecule has 5 nitrogen and oxygen atoms in total. The van der Waals surface area contributed by atoms with E-state index in [0.29, 0.717) is 6.42 Å². The number of likely N-dealkylation sites (N-methyl/N-ethyl adjacent to an activating group) is 1. The van der Waals surface area contributed by atoms with Crippen molar-refractivity contribution in [3.05, 3.63) is 0 Å². The largest absolute Gasteiger partial charge is 0.481 e. The van der Waals surface area contributed by atoms with Crippen LogP contribution in [0.3, 0.4) is 0 Å². The average Bonchev–Trinajstić information content (AvgIpc) is 2.25. The van der Waals surface area contributed by atoms with Crippen molar-refractivity contribution in [2.75, 3.05) is 27.7 Å². The number of carboxylic acids is 1. The number of carbonyl (C=O) groups is 2. The molecule has 0 aliphatic carbocycles. The van der Waals surface area contributed by atoms with E-state index in [1.165, 1.54) is 0 Å². The fraction of sp³-hybridized carbons (Fsp3) is 0.846. The van der Waals surface area contributed by atoms with Gasteiger partial charge in [0.1, 0.15) is 6.54 Å². The van der Waals surface area contributed by atoms with Crippen LogP contribution in [-0.2, 0) is 14.3 Å². The maximum atomic E-state index is 11.8. The summed E-state index contributed by atoms with van der Waals surface area (Å²) in [5.74, 6) is -2.55. The number of hydrogen-bond acceptors (Lipinski definition) is 3. The molecule has 1 unspecified atom stereocenters. The highest BCUT2D eigenvalue weighted by Gasteiger charge is 2.24. The minimum atomic E-state index is -2.99. The first kappa shape index (κ1) is 12.0. The van der Waals surface area contributed by atoms with E-state index in [1.807, 2.05) is 6.92 Å². The van der Waals surface area contributed by atoms with Crippen molar-refractivity contribution in [2.45, 2.75) is 45.1 Å². The topological polar surface area (TPSA) is 63.6 Å². The Hall–Kier alpha value is -1.10. The predicted octanol–water partition coefficient (Wildman–Crippen LogP) is 1.66. The molecule has 1 N–H and O–H groups in total. The fourth-order valence-corrected chi connectivity index (χ4v) is 1.36. The minimum Gasteiger partial charge on any atom is -0.481 e. The van der Waals surface area contributed by atoms with Gasteiger partial charge in [0.25, 0.3) is 0 Å². The molecular formula is C13H26NO4+. The van der Waals surface area contributed by atoms with Gasteiger partial charge in [-0.2, -0.15) is 0 Å². The van der Waals surface area contributed by atoms with Gasteiger partial charge in [-0.3, -0.25) is 9.59 Å². The third kappa shape index (κ3) is 10.1. The molecule has 1 atom stereocenters. The molecule has 18 heavy (non-hydrogen) atoms. The number of ether oxygens (including phenoxy) is 1. The predicted molar refractivity (Wildman–Crippen MR) is 69.2 cm³/mol. The van der Waals surface area contributed by atoms with E-state index in [4.69, 9.17) is 14.0 Å². The number of rotatable bonds is 9. The van der Waals surface area contributed by atoms with Crippen molar-refractivity contribution < 1.29 is 28.0 Å². The van der Waals surface area contributed by atoms with E-state index in [1.54, 1.807) is 21.1 Å². The normalized spacial score (nSPS) is 18.1. The molecule has 0 fully saturated rings. The number of esters is 1. The summed E-state index contributed by atoms with van der Waals surface area (Å²) in [5, 5.41) is 9.01. The van der Waals surface area contributed by atoms with Crippen LogP contribution in [0.15, 0.2) is 0 Å². The Labute approximate surface area is 114 Å². The van der Waals surface area contributed by atoms with Crippen LogP contribution < -0.4 is 0 Å². The van der Waals surface area contributed by atoms with Gasteiger partial charge in [0.15, 0.2) is 6.08 Å². The highest BCUT2D eigenvalue weighted by atomic mass is 16.5. The lowest BCUT2D eigenvalue weighted by molar-refractivity contribution is -0.873. The molecule has 0 radical (unpaired) electrons. The average molecular weight is 263 g/mol. The fourth-order valence-electron chi connectivity index (χ4n) is 1.36. The van der Waals surface area contributed by atoms with Crippen LogP contribution in [0.4, 0.5) is 0 Å². The molecule has 0 spiro atoms. The molecule has 106 valence electrons. The maximum Gasteiger partial charge on any atom is 0.307 e. The summed E-state index contributed by atoms with van der Waals surface area (Å²) in [4.78, 5) is 22.9. The summed E-state index contributed by atoms with van der Waals surface area (Å²) in [6.45, 7) is 1.70. The van der Waals surface area contributed by atoms with Crippen LogP contribution in [0.2, 0.25) is 0 Å². The van der Waals surface area contributed by atoms with Gasteiger partial charge in [0.2, 0.25) is 0 Å². The molecule has 0 aliphatic heterocycles. The summed E-state index contributed by atoms with van der Waals surface area (Å²) < 4.78 is 28.4. The summed E-state index contributed by atoms with van der Waals surface area (Å²) in [6.07, 6.45) is -3.10. The van der Waals surface area contributed by atoms with E-state index in [9.17, 15) is 9.59 Å². The van der Waals surface area contributed by atoms with E-state index < -0.39 is 24.4 Å². The summed E-state index contributed by atoms with van der Waals surface area (Å²) in [7, 11) is 5.02. The summed E-state index contributed by atoms with van der Waals surface area (Å²) in [5.41, 5.74) is 0. The van der Waals surface area contributed by atoms with E-state index >= 15 is 0 Å². The van der Waals surface area contributed by atoms with Gasteiger partial charge in [0, 0.05) is 9.16 Å². The quantitative estimate of drug-likeness (QED) is 0.390. The van der Waals surface area contributed by atoms with Gasteiger partial charge >= 0.3 is 11.9 Å². The Kier molecular flexibility index (Phi) is 5.37. The Morgan fingerprint density at radius 1 is 1.39 bits per heavy atom. The third-order valence-corrected chi connectivity index (χ3v) is 2.09. The van der Waals surface area contributed by atoms with Gasteiger partial charge < -0.3 is 14.3 Å². The number of unbranched alkanes of at least 4 members (excludes halogenated alkanes) is 2. The van der Waals surface area contributed by atoms with Gasteiger partial charge in [-0.05, 0) is 6.42 Å². The van der Waals surface area contributed by atoms with Crippen molar-refractivity contribution in [2.24, 2.45) is 0 Å². The zero-order chi connectivity index (χ0) is 16.9. The van der Waals surface area contributed by atoms with Gasteiger partial charge in [-0.1, -0.05) is 19.8 Å². The standard InChI is InChI=1S/C13H25NO4/c1-5-6-7-8-13(17)18-11(9-12(15)16)10-14(2,3)4/h11H,5-10H2,1-4H3/p+1/i9D2,11D. The molecule has 0 aromatic rings. The van der Waals surface area contributed by atoms with Crippen LogP contribution in [0.1, 0.15) is 43.1 Å². The van der Waals surface area contributed by atoms with Crippen molar-refractivity contribution in [1.29, 1.82) is 0 Å². The van der Waals surface area contributed by atoms with Crippen molar-refractivity contribution in [3.63, 3.8) is 0 Å². The molecule has 0 saturated heterocycles. The van der Waals surface area contributed by atoms with E-state index in [0.717, 1.165) is 12.8 Å². The number of carbonyl (C=O) groups excluding carboxylic acids is 1. The van der Waals surface area contributed by atoms with Crippen molar-refractivity contribution in [1.82, 2.24) is 0 Å². The van der Waals surface area contributed by atoms with Crippen LogP contribution in [0.25, 0.3) is 0 Å². The number of nitrogens with zero attached hydrogens (tertiary/aromatic N) is 1. The SMILES string of the molecule is [2H]C(C[N+](C)(C)C)(OC(=O)CCCCC)C([2H])([2H])C(=O)O. The Morgan fingerprint density at radius 3 is 2.44 bits per heavy atom.